The maximum absolute atomic E-state index is 12.4. The Balaban J connectivity index is 1.13. The smallest absolute Gasteiger partial charge is 0.236 e. The lowest BCUT2D eigenvalue weighted by Gasteiger charge is -2.36. The first-order valence-corrected chi connectivity index (χ1v) is 13.1. The highest BCUT2D eigenvalue weighted by Crippen LogP contribution is 2.32. The van der Waals surface area contributed by atoms with Crippen molar-refractivity contribution in [3.63, 3.8) is 0 Å². The van der Waals surface area contributed by atoms with Gasteiger partial charge in [0.2, 0.25) is 11.0 Å². The highest BCUT2D eigenvalue weighted by Gasteiger charge is 2.22. The molecule has 33 heavy (non-hydrogen) atoms. The maximum Gasteiger partial charge on any atom is 0.236 e. The van der Waals surface area contributed by atoms with Gasteiger partial charge in [-0.15, -0.1) is 10.2 Å². The van der Waals surface area contributed by atoms with Gasteiger partial charge in [-0.2, -0.15) is 0 Å². The third-order valence-corrected chi connectivity index (χ3v) is 8.31. The number of fused-ring (bicyclic) bond motifs is 1. The molecule has 1 aliphatic heterocycles. The second kappa shape index (κ2) is 9.94. The number of methoxy groups -OCH3 is 1. The maximum atomic E-state index is 12.4. The van der Waals surface area contributed by atoms with E-state index in [1.54, 1.807) is 7.11 Å². The van der Waals surface area contributed by atoms with Gasteiger partial charge >= 0.3 is 0 Å². The summed E-state index contributed by atoms with van der Waals surface area (Å²) in [5.41, 5.74) is 2.01. The quantitative estimate of drug-likeness (QED) is 0.380. The second-order valence-corrected chi connectivity index (χ2v) is 10.5. The van der Waals surface area contributed by atoms with Crippen molar-refractivity contribution >= 4 is 66.5 Å². The normalized spacial score (nSPS) is 14.0. The molecule has 0 radical (unpaired) electrons. The van der Waals surface area contributed by atoms with E-state index in [0.717, 1.165) is 57.3 Å². The average Bonchev–Trinajstić information content (AvgIpc) is 3.49. The summed E-state index contributed by atoms with van der Waals surface area (Å²) >= 11 is 4.40. The van der Waals surface area contributed by atoms with Crippen LogP contribution in [0.25, 0.3) is 10.2 Å². The van der Waals surface area contributed by atoms with Gasteiger partial charge < -0.3 is 19.9 Å². The summed E-state index contributed by atoms with van der Waals surface area (Å²) in [6, 6.07) is 15.9. The van der Waals surface area contributed by atoms with Gasteiger partial charge in [-0.3, -0.25) is 4.79 Å². The highest BCUT2D eigenvalue weighted by atomic mass is 32.2. The topological polar surface area (TPSA) is 83.5 Å². The minimum absolute atomic E-state index is 0.0961. The Bertz CT molecular complexity index is 1220. The molecule has 0 spiro atoms. The number of hydrogen-bond acceptors (Lipinski definition) is 10. The zero-order valence-corrected chi connectivity index (χ0v) is 20.4. The summed E-state index contributed by atoms with van der Waals surface area (Å²) in [5.74, 6) is 1.07. The zero-order chi connectivity index (χ0) is 22.6. The number of benzene rings is 2. The number of ether oxygens (including phenoxy) is 1. The van der Waals surface area contributed by atoms with Crippen LogP contribution in [-0.2, 0) is 4.79 Å². The summed E-state index contributed by atoms with van der Waals surface area (Å²) in [6.07, 6.45) is 0. The molecule has 170 valence electrons. The molecule has 2 aromatic carbocycles. The Morgan fingerprint density at radius 2 is 1.79 bits per heavy atom. The van der Waals surface area contributed by atoms with E-state index in [-0.39, 0.29) is 11.7 Å². The van der Waals surface area contributed by atoms with E-state index in [4.69, 9.17) is 4.74 Å². The lowest BCUT2D eigenvalue weighted by atomic mass is 10.2. The van der Waals surface area contributed by atoms with E-state index in [0.29, 0.717) is 5.13 Å². The number of para-hydroxylation sites is 3. The molecule has 4 aromatic rings. The monoisotopic (exact) mass is 498 g/mol. The fourth-order valence-corrected chi connectivity index (χ4v) is 6.20. The largest absolute Gasteiger partial charge is 0.495 e. The van der Waals surface area contributed by atoms with Crippen molar-refractivity contribution in [2.24, 2.45) is 0 Å². The first-order valence-electron chi connectivity index (χ1n) is 10.4. The Morgan fingerprint density at radius 3 is 2.61 bits per heavy atom. The molecular weight excluding hydrogens is 476 g/mol. The molecule has 8 nitrogen and oxygen atoms in total. The fraction of sp³-hybridized carbons (Fsp3) is 0.273. The van der Waals surface area contributed by atoms with Crippen molar-refractivity contribution in [2.75, 3.05) is 54.2 Å². The molecular formula is C22H22N6O2S3. The number of hydrogen-bond donors (Lipinski definition) is 1. The number of thiazole rings is 1. The van der Waals surface area contributed by atoms with Crippen LogP contribution in [0, 0.1) is 0 Å². The number of nitrogens with one attached hydrogen (secondary N) is 1. The number of anilines is 3. The van der Waals surface area contributed by atoms with Gasteiger partial charge in [0.15, 0.2) is 9.47 Å². The molecule has 1 fully saturated rings. The number of carbonyl (C=O) groups excluding carboxylic acids is 1. The van der Waals surface area contributed by atoms with E-state index in [9.17, 15) is 4.79 Å². The lowest BCUT2D eigenvalue weighted by molar-refractivity contribution is -0.113. The highest BCUT2D eigenvalue weighted by molar-refractivity contribution is 8.01. The number of carbonyl (C=O) groups is 1. The molecule has 0 saturated carbocycles. The van der Waals surface area contributed by atoms with Crippen LogP contribution in [0.3, 0.4) is 0 Å². The summed E-state index contributed by atoms with van der Waals surface area (Å²) in [6.45, 7) is 3.48. The minimum atomic E-state index is -0.0961. The van der Waals surface area contributed by atoms with E-state index in [1.807, 2.05) is 42.5 Å². The molecule has 1 aliphatic rings. The number of rotatable bonds is 7. The first-order chi connectivity index (χ1) is 16.2. The van der Waals surface area contributed by atoms with Crippen molar-refractivity contribution in [2.45, 2.75) is 4.34 Å². The lowest BCUT2D eigenvalue weighted by Crippen LogP contribution is -2.46. The van der Waals surface area contributed by atoms with Crippen LogP contribution in [0.5, 0.6) is 5.75 Å². The molecule has 1 saturated heterocycles. The third-order valence-electron chi connectivity index (χ3n) is 5.24. The Morgan fingerprint density at radius 1 is 1.03 bits per heavy atom. The standard InChI is InChI=1S/C22H22N6O2S3/c1-30-17-8-4-3-7-16(17)27-10-12-28(13-11-27)21-25-26-22(33-21)31-14-19(29)24-20-23-15-6-2-5-9-18(15)32-20/h2-9H,10-14H2,1H3,(H,23,24,29). The van der Waals surface area contributed by atoms with Gasteiger partial charge in [0.25, 0.3) is 0 Å². The summed E-state index contributed by atoms with van der Waals surface area (Å²) in [5, 5.41) is 13.0. The van der Waals surface area contributed by atoms with Crippen molar-refractivity contribution in [3.8, 4) is 5.75 Å². The average molecular weight is 499 g/mol. The summed E-state index contributed by atoms with van der Waals surface area (Å²) in [4.78, 5) is 21.4. The molecule has 11 heteroatoms. The predicted molar refractivity (Wildman–Crippen MR) is 136 cm³/mol. The van der Waals surface area contributed by atoms with Gasteiger partial charge in [0, 0.05) is 26.2 Å². The summed E-state index contributed by atoms with van der Waals surface area (Å²) < 4.78 is 7.34. The van der Waals surface area contributed by atoms with Gasteiger partial charge in [-0.1, -0.05) is 58.7 Å². The molecule has 0 bridgehead atoms. The molecule has 2 aromatic heterocycles. The predicted octanol–water partition coefficient (Wildman–Crippen LogP) is 4.21. The van der Waals surface area contributed by atoms with Crippen LogP contribution in [0.2, 0.25) is 0 Å². The van der Waals surface area contributed by atoms with Crippen LogP contribution < -0.4 is 19.9 Å². The van der Waals surface area contributed by atoms with Crippen molar-refractivity contribution in [1.82, 2.24) is 15.2 Å². The van der Waals surface area contributed by atoms with Crippen LogP contribution in [-0.4, -0.2) is 60.1 Å². The van der Waals surface area contributed by atoms with Crippen LogP contribution in [0.15, 0.2) is 52.9 Å². The fourth-order valence-electron chi connectivity index (χ4n) is 3.63. The molecule has 5 rings (SSSR count). The van der Waals surface area contributed by atoms with Crippen LogP contribution in [0.1, 0.15) is 0 Å². The number of amides is 1. The van der Waals surface area contributed by atoms with E-state index in [2.05, 4.69) is 36.4 Å². The Kier molecular flexibility index (Phi) is 6.60. The van der Waals surface area contributed by atoms with E-state index in [1.165, 1.54) is 34.4 Å². The summed E-state index contributed by atoms with van der Waals surface area (Å²) in [7, 11) is 1.70. The molecule has 0 unspecified atom stereocenters. The molecule has 0 aliphatic carbocycles. The van der Waals surface area contributed by atoms with Gasteiger partial charge in [-0.25, -0.2) is 4.98 Å². The Labute approximate surface area is 203 Å². The zero-order valence-electron chi connectivity index (χ0n) is 17.9. The number of aromatic nitrogens is 3. The third kappa shape index (κ3) is 5.05. The first kappa shape index (κ1) is 21.9. The van der Waals surface area contributed by atoms with Crippen LogP contribution in [0.4, 0.5) is 16.0 Å². The molecule has 3 heterocycles. The molecule has 1 N–H and O–H groups in total. The van der Waals surface area contributed by atoms with Crippen molar-refractivity contribution in [3.05, 3.63) is 48.5 Å². The van der Waals surface area contributed by atoms with E-state index < -0.39 is 0 Å². The van der Waals surface area contributed by atoms with Gasteiger partial charge in [0.05, 0.1) is 28.8 Å². The van der Waals surface area contributed by atoms with Gasteiger partial charge in [0.1, 0.15) is 5.75 Å². The van der Waals surface area contributed by atoms with Gasteiger partial charge in [-0.05, 0) is 24.3 Å². The van der Waals surface area contributed by atoms with Crippen molar-refractivity contribution in [1.29, 1.82) is 0 Å². The second-order valence-electron chi connectivity index (χ2n) is 7.32. The van der Waals surface area contributed by atoms with Crippen molar-refractivity contribution < 1.29 is 9.53 Å². The number of thioether (sulfide) groups is 1. The Hall–Kier alpha value is -2.89. The minimum Gasteiger partial charge on any atom is -0.495 e. The number of nitrogens with zero attached hydrogens (tertiary/aromatic N) is 5. The van der Waals surface area contributed by atoms with E-state index >= 15 is 0 Å². The SMILES string of the molecule is COc1ccccc1N1CCN(c2nnc(SCC(=O)Nc3nc4ccccc4s3)s2)CC1. The molecule has 0 atom stereocenters. The van der Waals surface area contributed by atoms with Crippen LogP contribution >= 0.6 is 34.4 Å². The molecule has 1 amide bonds. The number of piperazine rings is 1.